The third kappa shape index (κ3) is 9.92. The molecule has 2 heteroatoms. The molecule has 0 aromatic rings. The van der Waals surface area contributed by atoms with Gasteiger partial charge in [-0.25, -0.2) is 0 Å². The van der Waals surface area contributed by atoms with Crippen molar-refractivity contribution in [1.82, 2.24) is 5.32 Å². The second-order valence-corrected chi connectivity index (χ2v) is 6.81. The van der Waals surface area contributed by atoms with E-state index in [0.29, 0.717) is 11.8 Å². The first-order valence-corrected chi connectivity index (χ1v) is 9.62. The summed E-state index contributed by atoms with van der Waals surface area (Å²) in [6.45, 7) is 3.17. The van der Waals surface area contributed by atoms with Gasteiger partial charge >= 0.3 is 0 Å². The van der Waals surface area contributed by atoms with Crippen LogP contribution in [0.5, 0.6) is 0 Å². The molecule has 1 N–H and O–H groups in total. The van der Waals surface area contributed by atoms with Crippen molar-refractivity contribution < 1.29 is 4.79 Å². The summed E-state index contributed by atoms with van der Waals surface area (Å²) in [5, 5.41) is 3.14. The molecule has 1 saturated carbocycles. The van der Waals surface area contributed by atoms with Crippen LogP contribution in [0.25, 0.3) is 0 Å². The van der Waals surface area contributed by atoms with Gasteiger partial charge in [0.05, 0.1) is 0 Å². The van der Waals surface area contributed by atoms with E-state index < -0.39 is 0 Å². The Hall–Kier alpha value is -0.530. The fraction of sp³-hybridized carbons (Fsp3) is 0.947. The molecule has 1 aliphatic carbocycles. The summed E-state index contributed by atoms with van der Waals surface area (Å²) >= 11 is 0. The van der Waals surface area contributed by atoms with E-state index in [0.717, 1.165) is 25.8 Å². The lowest BCUT2D eigenvalue weighted by Gasteiger charge is -2.20. The predicted octanol–water partition coefficient (Wildman–Crippen LogP) is 5.60. The molecule has 2 nitrogen and oxygen atoms in total. The quantitative estimate of drug-likeness (QED) is 0.466. The third-order valence-electron chi connectivity index (χ3n) is 4.81. The van der Waals surface area contributed by atoms with Crippen LogP contribution in [0.15, 0.2) is 0 Å². The number of carbonyl (C=O) groups excluding carboxylic acids is 1. The summed E-state index contributed by atoms with van der Waals surface area (Å²) < 4.78 is 0. The van der Waals surface area contributed by atoms with Crippen LogP contribution < -0.4 is 5.32 Å². The monoisotopic (exact) mass is 295 g/mol. The van der Waals surface area contributed by atoms with Crippen molar-refractivity contribution in [3.05, 3.63) is 0 Å². The topological polar surface area (TPSA) is 29.1 Å². The fourth-order valence-electron chi connectivity index (χ4n) is 3.33. The maximum atomic E-state index is 11.9. The minimum absolute atomic E-state index is 0.321. The number of unbranched alkanes of at least 4 members (excludes halogenated alkanes) is 9. The summed E-state index contributed by atoms with van der Waals surface area (Å²) in [6.07, 6.45) is 19.6. The van der Waals surface area contributed by atoms with Gasteiger partial charge in [0.2, 0.25) is 5.91 Å². The van der Waals surface area contributed by atoms with Crippen LogP contribution >= 0.6 is 0 Å². The van der Waals surface area contributed by atoms with E-state index in [2.05, 4.69) is 12.2 Å². The van der Waals surface area contributed by atoms with E-state index in [1.807, 2.05) is 0 Å². The normalized spacial score (nSPS) is 16.0. The zero-order valence-corrected chi connectivity index (χ0v) is 14.3. The van der Waals surface area contributed by atoms with Gasteiger partial charge in [0, 0.05) is 12.5 Å². The first kappa shape index (κ1) is 18.5. The van der Waals surface area contributed by atoms with Crippen LogP contribution in [0.2, 0.25) is 0 Å². The van der Waals surface area contributed by atoms with Gasteiger partial charge in [0.25, 0.3) is 0 Å². The fourth-order valence-corrected chi connectivity index (χ4v) is 3.33. The number of nitrogens with one attached hydrogen (secondary N) is 1. The number of hydrogen-bond acceptors (Lipinski definition) is 1. The van der Waals surface area contributed by atoms with Gasteiger partial charge in [0.1, 0.15) is 0 Å². The molecule has 0 aliphatic heterocycles. The van der Waals surface area contributed by atoms with Crippen molar-refractivity contribution in [1.29, 1.82) is 0 Å². The van der Waals surface area contributed by atoms with E-state index in [1.54, 1.807) is 0 Å². The van der Waals surface area contributed by atoms with E-state index in [4.69, 9.17) is 0 Å². The van der Waals surface area contributed by atoms with Crippen LogP contribution in [0.3, 0.4) is 0 Å². The number of carbonyl (C=O) groups is 1. The first-order valence-electron chi connectivity index (χ1n) is 9.62. The Morgan fingerprint density at radius 3 is 1.90 bits per heavy atom. The maximum absolute atomic E-state index is 11.9. The van der Waals surface area contributed by atoms with Crippen LogP contribution in [-0.4, -0.2) is 12.5 Å². The average Bonchev–Trinajstić information content (AvgIpc) is 2.53. The predicted molar refractivity (Wildman–Crippen MR) is 91.4 cm³/mol. The van der Waals surface area contributed by atoms with Crippen molar-refractivity contribution in [3.63, 3.8) is 0 Å². The van der Waals surface area contributed by atoms with Crippen LogP contribution in [-0.2, 0) is 4.79 Å². The van der Waals surface area contributed by atoms with Gasteiger partial charge in [-0.05, 0) is 19.3 Å². The highest BCUT2D eigenvalue weighted by molar-refractivity contribution is 5.78. The summed E-state index contributed by atoms with van der Waals surface area (Å²) in [7, 11) is 0. The lowest BCUT2D eigenvalue weighted by atomic mass is 9.88. The molecule has 0 aromatic carbocycles. The molecule has 0 heterocycles. The lowest BCUT2D eigenvalue weighted by molar-refractivity contribution is -0.125. The van der Waals surface area contributed by atoms with Crippen LogP contribution in [0.1, 0.15) is 103 Å². The summed E-state index contributed by atoms with van der Waals surface area (Å²) in [6, 6.07) is 0. The van der Waals surface area contributed by atoms with E-state index in [-0.39, 0.29) is 0 Å². The molecule has 0 radical (unpaired) electrons. The molecule has 1 amide bonds. The Balaban J connectivity index is 1.80. The first-order chi connectivity index (χ1) is 10.3. The summed E-state index contributed by atoms with van der Waals surface area (Å²) in [4.78, 5) is 11.9. The summed E-state index contributed by atoms with van der Waals surface area (Å²) in [5.41, 5.74) is 0. The van der Waals surface area contributed by atoms with Crippen molar-refractivity contribution in [2.45, 2.75) is 103 Å². The van der Waals surface area contributed by atoms with Gasteiger partial charge in [-0.1, -0.05) is 84.0 Å². The van der Waals surface area contributed by atoms with Gasteiger partial charge in [-0.2, -0.15) is 0 Å². The average molecular weight is 296 g/mol. The molecule has 0 unspecified atom stereocenters. The minimum atomic E-state index is 0.321. The van der Waals surface area contributed by atoms with E-state index in [9.17, 15) is 4.79 Å². The highest BCUT2D eigenvalue weighted by atomic mass is 16.1. The van der Waals surface area contributed by atoms with Crippen LogP contribution in [0, 0.1) is 5.92 Å². The third-order valence-corrected chi connectivity index (χ3v) is 4.81. The number of rotatable bonds is 12. The SMILES string of the molecule is CCCCCCCCCCCCNC(=O)C1CCCCC1. The van der Waals surface area contributed by atoms with E-state index >= 15 is 0 Å². The van der Waals surface area contributed by atoms with Crippen molar-refractivity contribution in [2.75, 3.05) is 6.54 Å². The Kier molecular flexibility index (Phi) is 11.6. The molecule has 0 aromatic heterocycles. The van der Waals surface area contributed by atoms with Crippen molar-refractivity contribution >= 4 is 5.91 Å². The zero-order chi connectivity index (χ0) is 15.2. The zero-order valence-electron chi connectivity index (χ0n) is 14.3. The molecular weight excluding hydrogens is 258 g/mol. The molecule has 0 bridgehead atoms. The minimum Gasteiger partial charge on any atom is -0.356 e. The van der Waals surface area contributed by atoms with Gasteiger partial charge < -0.3 is 5.32 Å². The second-order valence-electron chi connectivity index (χ2n) is 6.81. The molecule has 21 heavy (non-hydrogen) atoms. The van der Waals surface area contributed by atoms with Gasteiger partial charge in [0.15, 0.2) is 0 Å². The molecule has 124 valence electrons. The molecule has 0 spiro atoms. The van der Waals surface area contributed by atoms with E-state index in [1.165, 1.54) is 77.0 Å². The molecule has 0 atom stereocenters. The Morgan fingerprint density at radius 2 is 1.33 bits per heavy atom. The van der Waals surface area contributed by atoms with Crippen molar-refractivity contribution in [2.24, 2.45) is 5.92 Å². The molecule has 1 rings (SSSR count). The van der Waals surface area contributed by atoms with Crippen LogP contribution in [0.4, 0.5) is 0 Å². The Morgan fingerprint density at radius 1 is 0.810 bits per heavy atom. The second kappa shape index (κ2) is 13.2. The summed E-state index contributed by atoms with van der Waals surface area (Å²) in [5.74, 6) is 0.646. The Bertz CT molecular complexity index is 246. The molecule has 1 aliphatic rings. The standard InChI is InChI=1S/C19H37NO/c1-2-3-4-5-6-7-8-9-10-14-17-20-19(21)18-15-12-11-13-16-18/h18H,2-17H2,1H3,(H,20,21). The lowest BCUT2D eigenvalue weighted by Crippen LogP contribution is -2.32. The number of hydrogen-bond donors (Lipinski definition) is 1. The number of amides is 1. The molecule has 0 saturated heterocycles. The maximum Gasteiger partial charge on any atom is 0.223 e. The largest absolute Gasteiger partial charge is 0.356 e. The Labute approximate surface area is 132 Å². The molecular formula is C19H37NO. The highest BCUT2D eigenvalue weighted by Crippen LogP contribution is 2.23. The smallest absolute Gasteiger partial charge is 0.223 e. The molecule has 1 fully saturated rings. The van der Waals surface area contributed by atoms with Gasteiger partial charge in [-0.3, -0.25) is 4.79 Å². The van der Waals surface area contributed by atoms with Crippen molar-refractivity contribution in [3.8, 4) is 0 Å². The highest BCUT2D eigenvalue weighted by Gasteiger charge is 2.20. The van der Waals surface area contributed by atoms with Gasteiger partial charge in [-0.15, -0.1) is 0 Å².